The van der Waals surface area contributed by atoms with Crippen LogP contribution in [0.15, 0.2) is 231 Å². The van der Waals surface area contributed by atoms with Gasteiger partial charge in [-0.3, -0.25) is 0 Å². The lowest BCUT2D eigenvalue weighted by Gasteiger charge is -2.28. The van der Waals surface area contributed by atoms with Gasteiger partial charge in [-0.2, -0.15) is 0 Å². The lowest BCUT2D eigenvalue weighted by molar-refractivity contribution is 1.18. The van der Waals surface area contributed by atoms with E-state index < -0.39 is 0 Å². The van der Waals surface area contributed by atoms with Crippen LogP contribution in [0.4, 0.5) is 17.1 Å². The highest BCUT2D eigenvalue weighted by molar-refractivity contribution is 6.13. The molecule has 0 N–H and O–H groups in total. The molecule has 11 rings (SSSR count). The SMILES string of the molecule is c1ccc(-c2ccccc2N(c2ccc(-c3ccc(-n4c5ccccc5c5cc6ccccc6cc54)cc3)cc2)c2ccc(-c3ccc4ccccc4c3)cc2)cc1. The molecule has 0 aliphatic heterocycles. The van der Waals surface area contributed by atoms with E-state index in [1.165, 1.54) is 76.7 Å². The number of nitrogens with zero attached hydrogens (tertiary/aromatic N) is 2. The van der Waals surface area contributed by atoms with E-state index in [2.05, 4.69) is 240 Å². The van der Waals surface area contributed by atoms with Gasteiger partial charge in [0.15, 0.2) is 0 Å². The predicted molar refractivity (Wildman–Crippen MR) is 247 cm³/mol. The molecule has 0 bridgehead atoms. The van der Waals surface area contributed by atoms with Crippen LogP contribution in [-0.2, 0) is 0 Å². The minimum absolute atomic E-state index is 1.10. The number of fused-ring (bicyclic) bond motifs is 5. The summed E-state index contributed by atoms with van der Waals surface area (Å²) in [5.41, 5.74) is 14.0. The number of benzene rings is 10. The van der Waals surface area contributed by atoms with Crippen LogP contribution >= 0.6 is 0 Å². The van der Waals surface area contributed by atoms with Gasteiger partial charge in [-0.15, -0.1) is 0 Å². The smallest absolute Gasteiger partial charge is 0.0547 e. The van der Waals surface area contributed by atoms with Crippen molar-refractivity contribution in [1.29, 1.82) is 0 Å². The Bertz CT molecular complexity index is 3250. The molecule has 272 valence electrons. The van der Waals surface area contributed by atoms with Crippen LogP contribution in [0.2, 0.25) is 0 Å². The second-order valence-electron chi connectivity index (χ2n) is 15.0. The summed E-state index contributed by atoms with van der Waals surface area (Å²) in [4.78, 5) is 2.38. The summed E-state index contributed by atoms with van der Waals surface area (Å²) >= 11 is 0. The summed E-state index contributed by atoms with van der Waals surface area (Å²) in [5, 5.41) is 7.55. The van der Waals surface area contributed by atoms with E-state index in [0.717, 1.165) is 22.7 Å². The molecular formula is C56H38N2. The molecule has 0 radical (unpaired) electrons. The Kier molecular flexibility index (Phi) is 8.19. The van der Waals surface area contributed by atoms with Crippen LogP contribution in [0, 0.1) is 0 Å². The molecular weight excluding hydrogens is 701 g/mol. The molecule has 0 saturated carbocycles. The number of rotatable bonds is 7. The van der Waals surface area contributed by atoms with Gasteiger partial charge in [0.2, 0.25) is 0 Å². The maximum atomic E-state index is 2.40. The average Bonchev–Trinajstić information content (AvgIpc) is 3.62. The van der Waals surface area contributed by atoms with Crippen molar-refractivity contribution in [3.63, 3.8) is 0 Å². The second kappa shape index (κ2) is 14.1. The number of hydrogen-bond donors (Lipinski definition) is 0. The summed E-state index contributed by atoms with van der Waals surface area (Å²) in [5.74, 6) is 0. The molecule has 0 fully saturated rings. The topological polar surface area (TPSA) is 8.17 Å². The fourth-order valence-electron chi connectivity index (χ4n) is 8.67. The third kappa shape index (κ3) is 5.91. The molecule has 0 saturated heterocycles. The highest BCUT2D eigenvalue weighted by Crippen LogP contribution is 2.42. The normalized spacial score (nSPS) is 11.4. The molecule has 11 aromatic rings. The summed E-state index contributed by atoms with van der Waals surface area (Å²) < 4.78 is 2.40. The fourth-order valence-corrected chi connectivity index (χ4v) is 8.67. The third-order valence-electron chi connectivity index (χ3n) is 11.6. The van der Waals surface area contributed by atoms with Crippen molar-refractivity contribution in [2.75, 3.05) is 4.90 Å². The Morgan fingerprint density at radius 2 is 0.810 bits per heavy atom. The van der Waals surface area contributed by atoms with Gasteiger partial charge in [-0.25, -0.2) is 0 Å². The first-order valence-corrected chi connectivity index (χ1v) is 19.9. The number of para-hydroxylation sites is 2. The van der Waals surface area contributed by atoms with Crippen LogP contribution in [0.1, 0.15) is 0 Å². The molecule has 0 spiro atoms. The molecule has 0 unspecified atom stereocenters. The van der Waals surface area contributed by atoms with Crippen molar-refractivity contribution >= 4 is 60.4 Å². The van der Waals surface area contributed by atoms with Crippen LogP contribution in [0.3, 0.4) is 0 Å². The van der Waals surface area contributed by atoms with E-state index in [1.54, 1.807) is 0 Å². The first-order valence-electron chi connectivity index (χ1n) is 19.9. The maximum absolute atomic E-state index is 2.40. The standard InChI is InChI=1S/C56H38N2/c1-2-13-43(14-3-1)51-18-8-10-20-54(51)57(49-32-28-42(29-33-49)47-23-22-39-12-4-5-15-44(39)36-47)48-30-24-40(25-31-48)41-26-34-50(35-27-41)58-55-21-11-9-19-52(55)53-37-45-16-6-7-17-46(45)38-56(53)58/h1-38H. The van der Waals surface area contributed by atoms with Gasteiger partial charge in [0.1, 0.15) is 0 Å². The van der Waals surface area contributed by atoms with Crippen LogP contribution in [0.25, 0.3) is 82.4 Å². The van der Waals surface area contributed by atoms with E-state index in [-0.39, 0.29) is 0 Å². The highest BCUT2D eigenvalue weighted by atomic mass is 15.1. The molecule has 1 heterocycles. The van der Waals surface area contributed by atoms with Crippen molar-refractivity contribution in [1.82, 2.24) is 4.57 Å². The van der Waals surface area contributed by atoms with Gasteiger partial charge in [0.25, 0.3) is 0 Å². The van der Waals surface area contributed by atoms with Crippen molar-refractivity contribution < 1.29 is 0 Å². The minimum atomic E-state index is 1.10. The van der Waals surface area contributed by atoms with Gasteiger partial charge in [0, 0.05) is 33.4 Å². The van der Waals surface area contributed by atoms with Crippen molar-refractivity contribution in [2.24, 2.45) is 0 Å². The molecule has 0 aliphatic carbocycles. The molecule has 2 heteroatoms. The predicted octanol–water partition coefficient (Wildman–Crippen LogP) is 15.6. The zero-order valence-electron chi connectivity index (χ0n) is 31.8. The Hall–Kier alpha value is -7.68. The van der Waals surface area contributed by atoms with Crippen molar-refractivity contribution in [3.05, 3.63) is 231 Å². The van der Waals surface area contributed by atoms with E-state index in [0.29, 0.717) is 0 Å². The average molecular weight is 739 g/mol. The molecule has 0 aliphatic rings. The lowest BCUT2D eigenvalue weighted by Crippen LogP contribution is -2.11. The summed E-state index contributed by atoms with van der Waals surface area (Å²) in [6.45, 7) is 0. The Morgan fingerprint density at radius 1 is 0.293 bits per heavy atom. The monoisotopic (exact) mass is 738 g/mol. The molecule has 10 aromatic carbocycles. The van der Waals surface area contributed by atoms with Gasteiger partial charge >= 0.3 is 0 Å². The zero-order valence-corrected chi connectivity index (χ0v) is 31.8. The lowest BCUT2D eigenvalue weighted by atomic mass is 9.99. The first-order chi connectivity index (χ1) is 28.7. The highest BCUT2D eigenvalue weighted by Gasteiger charge is 2.18. The van der Waals surface area contributed by atoms with Gasteiger partial charge < -0.3 is 9.47 Å². The second-order valence-corrected chi connectivity index (χ2v) is 15.0. The number of hydrogen-bond acceptors (Lipinski definition) is 1. The Balaban J connectivity index is 0.965. The largest absolute Gasteiger partial charge is 0.310 e. The van der Waals surface area contributed by atoms with E-state index in [4.69, 9.17) is 0 Å². The summed E-state index contributed by atoms with van der Waals surface area (Å²) in [7, 11) is 0. The quantitative estimate of drug-likeness (QED) is 0.158. The van der Waals surface area contributed by atoms with Gasteiger partial charge in [0.05, 0.1) is 16.7 Å². The van der Waals surface area contributed by atoms with E-state index in [1.807, 2.05) is 0 Å². The first kappa shape index (κ1) is 33.6. The van der Waals surface area contributed by atoms with E-state index >= 15 is 0 Å². The molecule has 1 aromatic heterocycles. The molecule has 58 heavy (non-hydrogen) atoms. The third-order valence-corrected chi connectivity index (χ3v) is 11.6. The zero-order chi connectivity index (χ0) is 38.4. The Morgan fingerprint density at radius 3 is 1.52 bits per heavy atom. The minimum Gasteiger partial charge on any atom is -0.310 e. The van der Waals surface area contributed by atoms with Crippen molar-refractivity contribution in [2.45, 2.75) is 0 Å². The maximum Gasteiger partial charge on any atom is 0.0547 e. The van der Waals surface area contributed by atoms with E-state index in [9.17, 15) is 0 Å². The van der Waals surface area contributed by atoms with Crippen molar-refractivity contribution in [3.8, 4) is 39.1 Å². The number of anilines is 3. The molecule has 2 nitrogen and oxygen atoms in total. The molecule has 0 atom stereocenters. The van der Waals surface area contributed by atoms with Crippen LogP contribution < -0.4 is 4.90 Å². The fraction of sp³-hybridized carbons (Fsp3) is 0. The Labute approximate surface area is 338 Å². The summed E-state index contributed by atoms with van der Waals surface area (Å²) in [6, 6.07) is 83.6. The molecule has 0 amide bonds. The van der Waals surface area contributed by atoms with Crippen LogP contribution in [-0.4, -0.2) is 4.57 Å². The van der Waals surface area contributed by atoms with Gasteiger partial charge in [-0.1, -0.05) is 164 Å². The van der Waals surface area contributed by atoms with Crippen LogP contribution in [0.5, 0.6) is 0 Å². The van der Waals surface area contributed by atoms with Gasteiger partial charge in [-0.05, 0) is 116 Å². The summed E-state index contributed by atoms with van der Waals surface area (Å²) in [6.07, 6.45) is 0. The number of aromatic nitrogens is 1.